The second-order valence-electron chi connectivity index (χ2n) is 6.62. The Balaban J connectivity index is 2.28. The van der Waals surface area contributed by atoms with Gasteiger partial charge < -0.3 is 5.32 Å². The van der Waals surface area contributed by atoms with Gasteiger partial charge in [0.25, 0.3) is 0 Å². The first-order valence-corrected chi connectivity index (χ1v) is 7.19. The third-order valence-corrected chi connectivity index (χ3v) is 4.68. The first-order chi connectivity index (χ1) is 7.45. The van der Waals surface area contributed by atoms with Gasteiger partial charge in [-0.05, 0) is 49.5 Å². The lowest BCUT2D eigenvalue weighted by Crippen LogP contribution is -2.34. The fourth-order valence-corrected chi connectivity index (χ4v) is 2.84. The minimum absolute atomic E-state index is 0.566. The van der Waals surface area contributed by atoms with Crippen LogP contribution < -0.4 is 5.32 Å². The number of hydrogen-bond acceptors (Lipinski definition) is 1. The van der Waals surface area contributed by atoms with E-state index in [1.165, 1.54) is 38.6 Å². The van der Waals surface area contributed by atoms with Gasteiger partial charge in [-0.2, -0.15) is 0 Å². The van der Waals surface area contributed by atoms with Crippen molar-refractivity contribution in [3.05, 3.63) is 0 Å². The zero-order valence-corrected chi connectivity index (χ0v) is 12.0. The van der Waals surface area contributed by atoms with Gasteiger partial charge in [-0.1, -0.05) is 41.0 Å². The highest BCUT2D eigenvalue weighted by molar-refractivity contribution is 4.83. The molecule has 1 aliphatic carbocycles. The summed E-state index contributed by atoms with van der Waals surface area (Å²) in [6.45, 7) is 13.0. The van der Waals surface area contributed by atoms with E-state index in [4.69, 9.17) is 0 Å². The van der Waals surface area contributed by atoms with Gasteiger partial charge in [0.15, 0.2) is 0 Å². The Morgan fingerprint density at radius 1 is 1.12 bits per heavy atom. The maximum atomic E-state index is 3.58. The van der Waals surface area contributed by atoms with Gasteiger partial charge in [-0.3, -0.25) is 0 Å². The summed E-state index contributed by atoms with van der Waals surface area (Å²) in [6.07, 6.45) is 7.10. The fourth-order valence-electron chi connectivity index (χ4n) is 2.84. The van der Waals surface area contributed by atoms with Gasteiger partial charge in [-0.15, -0.1) is 0 Å². The Kier molecular flexibility index (Phi) is 5.30. The highest BCUT2D eigenvalue weighted by Gasteiger charge is 2.31. The lowest BCUT2D eigenvalue weighted by atomic mass is 9.67. The molecule has 1 nitrogen and oxygen atoms in total. The van der Waals surface area contributed by atoms with Crippen LogP contribution in [0, 0.1) is 17.3 Å². The molecule has 16 heavy (non-hydrogen) atoms. The van der Waals surface area contributed by atoms with Gasteiger partial charge >= 0.3 is 0 Å². The predicted octanol–water partition coefficient (Wildman–Crippen LogP) is 4.23. The van der Waals surface area contributed by atoms with Crippen molar-refractivity contribution < 1.29 is 0 Å². The first-order valence-electron chi connectivity index (χ1n) is 7.19. The molecule has 1 heteroatoms. The molecule has 1 fully saturated rings. The molecule has 0 radical (unpaired) electrons. The summed E-state index contributed by atoms with van der Waals surface area (Å²) < 4.78 is 0. The van der Waals surface area contributed by atoms with Crippen LogP contribution in [0.2, 0.25) is 0 Å². The molecular weight excluding hydrogens is 194 g/mol. The van der Waals surface area contributed by atoms with Crippen LogP contribution in [0.5, 0.6) is 0 Å². The molecule has 1 rings (SSSR count). The van der Waals surface area contributed by atoms with Crippen molar-refractivity contribution in [1.29, 1.82) is 0 Å². The predicted molar refractivity (Wildman–Crippen MR) is 72.7 cm³/mol. The van der Waals surface area contributed by atoms with Crippen molar-refractivity contribution in [2.24, 2.45) is 17.3 Å². The molecule has 1 saturated carbocycles. The maximum Gasteiger partial charge on any atom is 0.00104 e. The average molecular weight is 225 g/mol. The molecule has 0 spiro atoms. The van der Waals surface area contributed by atoms with E-state index < -0.39 is 0 Å². The number of rotatable bonds is 5. The van der Waals surface area contributed by atoms with Gasteiger partial charge in [0.1, 0.15) is 0 Å². The lowest BCUT2D eigenvalue weighted by molar-refractivity contribution is 0.127. The second-order valence-corrected chi connectivity index (χ2v) is 6.62. The van der Waals surface area contributed by atoms with Gasteiger partial charge in [0, 0.05) is 6.04 Å². The molecule has 0 aromatic rings. The number of hydrogen-bond donors (Lipinski definition) is 1. The van der Waals surface area contributed by atoms with Crippen molar-refractivity contribution >= 4 is 0 Å². The third-order valence-electron chi connectivity index (χ3n) is 4.68. The Hall–Kier alpha value is -0.0400. The van der Waals surface area contributed by atoms with Crippen LogP contribution in [0.4, 0.5) is 0 Å². The molecule has 0 aromatic carbocycles. The van der Waals surface area contributed by atoms with Crippen LogP contribution in [0.15, 0.2) is 0 Å². The van der Waals surface area contributed by atoms with E-state index in [-0.39, 0.29) is 0 Å². The summed E-state index contributed by atoms with van der Waals surface area (Å²) in [6, 6.07) is 0.643. The molecule has 0 amide bonds. The van der Waals surface area contributed by atoms with Crippen LogP contribution in [0.3, 0.4) is 0 Å². The lowest BCUT2D eigenvalue weighted by Gasteiger charge is -2.39. The summed E-state index contributed by atoms with van der Waals surface area (Å²) in [5, 5.41) is 3.58. The molecule has 1 N–H and O–H groups in total. The van der Waals surface area contributed by atoms with E-state index in [1.807, 2.05) is 0 Å². The van der Waals surface area contributed by atoms with Crippen molar-refractivity contribution in [2.45, 2.75) is 72.8 Å². The smallest absolute Gasteiger partial charge is 0.00104 e. The summed E-state index contributed by atoms with van der Waals surface area (Å²) in [7, 11) is 0. The molecule has 0 heterocycles. The molecule has 0 aromatic heterocycles. The van der Waals surface area contributed by atoms with Crippen LogP contribution in [-0.2, 0) is 0 Å². The van der Waals surface area contributed by atoms with Gasteiger partial charge in [0.2, 0.25) is 0 Å². The summed E-state index contributed by atoms with van der Waals surface area (Å²) in [5.41, 5.74) is 0.566. The largest absolute Gasteiger partial charge is 0.314 e. The van der Waals surface area contributed by atoms with Gasteiger partial charge in [-0.25, -0.2) is 0 Å². The van der Waals surface area contributed by atoms with E-state index >= 15 is 0 Å². The summed E-state index contributed by atoms with van der Waals surface area (Å²) in [4.78, 5) is 0. The average Bonchev–Trinajstić information content (AvgIpc) is 2.27. The second kappa shape index (κ2) is 6.05. The zero-order chi connectivity index (χ0) is 12.2. The highest BCUT2D eigenvalue weighted by atomic mass is 14.9. The molecule has 0 unspecified atom stereocenters. The Bertz CT molecular complexity index is 188. The quantitative estimate of drug-likeness (QED) is 0.738. The molecule has 0 bridgehead atoms. The van der Waals surface area contributed by atoms with Gasteiger partial charge in [0.05, 0.1) is 0 Å². The molecule has 0 saturated heterocycles. The summed E-state index contributed by atoms with van der Waals surface area (Å²) >= 11 is 0. The monoisotopic (exact) mass is 225 g/mol. The Morgan fingerprint density at radius 3 is 2.12 bits per heavy atom. The van der Waals surface area contributed by atoms with Crippen LogP contribution in [-0.4, -0.2) is 12.6 Å². The molecule has 0 atom stereocenters. The first kappa shape index (κ1) is 14.0. The van der Waals surface area contributed by atoms with E-state index in [9.17, 15) is 0 Å². The van der Waals surface area contributed by atoms with Crippen molar-refractivity contribution in [3.63, 3.8) is 0 Å². The van der Waals surface area contributed by atoms with Crippen LogP contribution in [0.25, 0.3) is 0 Å². The molecule has 1 aliphatic rings. The fraction of sp³-hybridized carbons (Fsp3) is 1.00. The molecule has 0 aliphatic heterocycles. The Labute approximate surface area is 102 Å². The van der Waals surface area contributed by atoms with Crippen molar-refractivity contribution in [3.8, 4) is 0 Å². The van der Waals surface area contributed by atoms with E-state index in [0.29, 0.717) is 11.5 Å². The minimum Gasteiger partial charge on any atom is -0.314 e. The minimum atomic E-state index is 0.566. The van der Waals surface area contributed by atoms with E-state index in [1.54, 1.807) is 0 Å². The standard InChI is InChI=1S/C15H31N/c1-6-15(4,5)14-9-7-13(8-10-14)11-16-12(2)3/h12-14,16H,6-11H2,1-5H3. The van der Waals surface area contributed by atoms with E-state index in [0.717, 1.165) is 11.8 Å². The summed E-state index contributed by atoms with van der Waals surface area (Å²) in [5.74, 6) is 1.90. The van der Waals surface area contributed by atoms with E-state index in [2.05, 4.69) is 39.9 Å². The third kappa shape index (κ3) is 4.08. The van der Waals surface area contributed by atoms with Crippen LogP contribution in [0.1, 0.15) is 66.7 Å². The van der Waals surface area contributed by atoms with Crippen molar-refractivity contribution in [1.82, 2.24) is 5.32 Å². The van der Waals surface area contributed by atoms with Crippen molar-refractivity contribution in [2.75, 3.05) is 6.54 Å². The zero-order valence-electron chi connectivity index (χ0n) is 12.0. The molecular formula is C15H31N. The SMILES string of the molecule is CCC(C)(C)C1CCC(CNC(C)C)CC1. The number of nitrogens with one attached hydrogen (secondary N) is 1. The van der Waals surface area contributed by atoms with Crippen LogP contribution >= 0.6 is 0 Å². The normalized spacial score (nSPS) is 27.4. The maximum absolute atomic E-state index is 3.58. The Morgan fingerprint density at radius 2 is 1.69 bits per heavy atom. The topological polar surface area (TPSA) is 12.0 Å². The highest BCUT2D eigenvalue weighted by Crippen LogP contribution is 2.41. The molecule has 96 valence electrons.